The Bertz CT molecular complexity index is 445. The lowest BCUT2D eigenvalue weighted by Gasteiger charge is -2.20. The second-order valence-electron chi connectivity index (χ2n) is 4.84. The van der Waals surface area contributed by atoms with Crippen LogP contribution in [0.4, 0.5) is 0 Å². The average Bonchev–Trinajstić information content (AvgIpc) is 2.81. The summed E-state index contributed by atoms with van der Waals surface area (Å²) in [6, 6.07) is 5.17. The van der Waals surface area contributed by atoms with E-state index >= 15 is 0 Å². The van der Waals surface area contributed by atoms with Gasteiger partial charge in [0.05, 0.1) is 0 Å². The number of nitrogens with zero attached hydrogens (tertiary/aromatic N) is 1. The first-order valence-corrected chi connectivity index (χ1v) is 7.25. The minimum absolute atomic E-state index is 0.318. The van der Waals surface area contributed by atoms with E-state index < -0.39 is 5.97 Å². The molecule has 0 radical (unpaired) electrons. The smallest absolute Gasteiger partial charge is 0.320 e. The lowest BCUT2D eigenvalue weighted by Crippen LogP contribution is -2.36. The first-order chi connectivity index (χ1) is 9.09. The fourth-order valence-electron chi connectivity index (χ4n) is 2.60. The topological polar surface area (TPSA) is 40.5 Å². The fraction of sp³-hybridized carbons (Fsp3) is 0.500. The van der Waals surface area contributed by atoms with Gasteiger partial charge in [-0.3, -0.25) is 9.69 Å². The summed E-state index contributed by atoms with van der Waals surface area (Å²) in [5.74, 6) is -0.715. The van der Waals surface area contributed by atoms with Crippen LogP contribution in [0.3, 0.4) is 0 Å². The number of benzene rings is 1. The molecule has 19 heavy (non-hydrogen) atoms. The molecule has 0 amide bonds. The van der Waals surface area contributed by atoms with Crippen molar-refractivity contribution in [3.05, 3.63) is 33.8 Å². The van der Waals surface area contributed by atoms with Crippen molar-refractivity contribution in [1.82, 2.24) is 4.90 Å². The molecule has 1 unspecified atom stereocenters. The maximum Gasteiger partial charge on any atom is 0.320 e. The van der Waals surface area contributed by atoms with Crippen molar-refractivity contribution >= 4 is 29.2 Å². The molecule has 1 heterocycles. The van der Waals surface area contributed by atoms with E-state index in [-0.39, 0.29) is 6.04 Å². The number of carbonyl (C=O) groups is 1. The molecule has 1 aromatic carbocycles. The zero-order valence-corrected chi connectivity index (χ0v) is 12.1. The molecule has 1 saturated heterocycles. The van der Waals surface area contributed by atoms with Gasteiger partial charge in [-0.25, -0.2) is 0 Å². The number of hydrogen-bond acceptors (Lipinski definition) is 2. The van der Waals surface area contributed by atoms with Crippen LogP contribution in [0.1, 0.15) is 24.8 Å². The van der Waals surface area contributed by atoms with E-state index in [4.69, 9.17) is 28.3 Å². The molecule has 1 aliphatic rings. The standard InChI is InChI=1S/C14H17Cl2NO2/c15-11-5-1-6-12(16)10(11)4-2-8-17-9-3-7-13(17)14(18)19/h1,5-6,13H,2-4,7-9H2,(H,18,19). The zero-order chi connectivity index (χ0) is 13.8. The Labute approximate surface area is 123 Å². The third-order valence-corrected chi connectivity index (χ3v) is 4.29. The summed E-state index contributed by atoms with van der Waals surface area (Å²) < 4.78 is 0. The van der Waals surface area contributed by atoms with Gasteiger partial charge in [0.1, 0.15) is 6.04 Å². The third-order valence-electron chi connectivity index (χ3n) is 3.58. The van der Waals surface area contributed by atoms with E-state index in [1.807, 2.05) is 23.1 Å². The molecule has 0 aliphatic carbocycles. The Morgan fingerprint density at radius 3 is 2.68 bits per heavy atom. The van der Waals surface area contributed by atoms with Crippen LogP contribution in [-0.2, 0) is 11.2 Å². The number of rotatable bonds is 5. The lowest BCUT2D eigenvalue weighted by atomic mass is 10.1. The van der Waals surface area contributed by atoms with Crippen molar-refractivity contribution in [2.75, 3.05) is 13.1 Å². The minimum atomic E-state index is -0.715. The highest BCUT2D eigenvalue weighted by Gasteiger charge is 2.29. The van der Waals surface area contributed by atoms with Crippen molar-refractivity contribution in [3.8, 4) is 0 Å². The number of halogens is 2. The molecule has 1 aliphatic heterocycles. The fourth-order valence-corrected chi connectivity index (χ4v) is 3.19. The Hall–Kier alpha value is -0.770. The highest BCUT2D eigenvalue weighted by atomic mass is 35.5. The van der Waals surface area contributed by atoms with Crippen LogP contribution in [0.25, 0.3) is 0 Å². The Morgan fingerprint density at radius 2 is 2.05 bits per heavy atom. The summed E-state index contributed by atoms with van der Waals surface area (Å²) in [5, 5.41) is 10.5. The molecule has 1 fully saturated rings. The highest BCUT2D eigenvalue weighted by Crippen LogP contribution is 2.26. The van der Waals surface area contributed by atoms with Crippen LogP contribution in [0, 0.1) is 0 Å². The van der Waals surface area contributed by atoms with E-state index in [2.05, 4.69) is 0 Å². The number of carboxylic acids is 1. The molecule has 0 aromatic heterocycles. The summed E-state index contributed by atoms with van der Waals surface area (Å²) in [6.45, 7) is 1.64. The second-order valence-corrected chi connectivity index (χ2v) is 5.65. The van der Waals surface area contributed by atoms with Crippen molar-refractivity contribution in [2.45, 2.75) is 31.7 Å². The number of hydrogen-bond donors (Lipinski definition) is 1. The number of carboxylic acid groups (broad SMARTS) is 1. The van der Waals surface area contributed by atoms with E-state index in [1.54, 1.807) is 0 Å². The monoisotopic (exact) mass is 301 g/mol. The molecule has 5 heteroatoms. The normalized spacial score (nSPS) is 19.8. The molecular formula is C14H17Cl2NO2. The summed E-state index contributed by atoms with van der Waals surface area (Å²) in [7, 11) is 0. The molecule has 1 aromatic rings. The van der Waals surface area contributed by atoms with Crippen LogP contribution in [0.15, 0.2) is 18.2 Å². The van der Waals surface area contributed by atoms with Crippen LogP contribution < -0.4 is 0 Å². The molecule has 3 nitrogen and oxygen atoms in total. The summed E-state index contributed by atoms with van der Waals surface area (Å²) in [6.07, 6.45) is 3.36. The molecular weight excluding hydrogens is 285 g/mol. The SMILES string of the molecule is O=C(O)C1CCCN1CCCc1c(Cl)cccc1Cl. The molecule has 104 valence electrons. The van der Waals surface area contributed by atoms with Crippen molar-refractivity contribution < 1.29 is 9.90 Å². The van der Waals surface area contributed by atoms with E-state index in [0.29, 0.717) is 10.0 Å². The van der Waals surface area contributed by atoms with Gasteiger partial charge in [-0.15, -0.1) is 0 Å². The van der Waals surface area contributed by atoms with Gasteiger partial charge in [0, 0.05) is 10.0 Å². The second kappa shape index (κ2) is 6.60. The quantitative estimate of drug-likeness (QED) is 0.905. The summed E-state index contributed by atoms with van der Waals surface area (Å²) in [5.41, 5.74) is 0.955. The maximum atomic E-state index is 11.1. The molecule has 2 rings (SSSR count). The minimum Gasteiger partial charge on any atom is -0.480 e. The van der Waals surface area contributed by atoms with Gasteiger partial charge in [0.15, 0.2) is 0 Å². The third kappa shape index (κ3) is 3.62. The van der Waals surface area contributed by atoms with Gasteiger partial charge in [0.2, 0.25) is 0 Å². The largest absolute Gasteiger partial charge is 0.480 e. The van der Waals surface area contributed by atoms with Crippen LogP contribution in [0.5, 0.6) is 0 Å². The van der Waals surface area contributed by atoms with Gasteiger partial charge in [0.25, 0.3) is 0 Å². The molecule has 1 atom stereocenters. The highest BCUT2D eigenvalue weighted by molar-refractivity contribution is 6.35. The zero-order valence-electron chi connectivity index (χ0n) is 10.6. The first kappa shape index (κ1) is 14.6. The van der Waals surface area contributed by atoms with E-state index in [9.17, 15) is 4.79 Å². The first-order valence-electron chi connectivity index (χ1n) is 6.49. The molecule has 1 N–H and O–H groups in total. The van der Waals surface area contributed by atoms with Crippen LogP contribution in [-0.4, -0.2) is 35.1 Å². The maximum absolute atomic E-state index is 11.1. The van der Waals surface area contributed by atoms with Gasteiger partial charge >= 0.3 is 5.97 Å². The van der Waals surface area contributed by atoms with Gasteiger partial charge < -0.3 is 5.11 Å². The lowest BCUT2D eigenvalue weighted by molar-refractivity contribution is -0.142. The Morgan fingerprint density at radius 1 is 1.37 bits per heavy atom. The predicted octanol–water partition coefficient (Wildman–Crippen LogP) is 3.48. The van der Waals surface area contributed by atoms with Crippen molar-refractivity contribution in [2.24, 2.45) is 0 Å². The number of aliphatic carboxylic acids is 1. The Balaban J connectivity index is 1.88. The summed E-state index contributed by atoms with van der Waals surface area (Å²) >= 11 is 12.2. The molecule has 0 spiro atoms. The van der Waals surface area contributed by atoms with E-state index in [1.165, 1.54) is 0 Å². The van der Waals surface area contributed by atoms with Crippen LogP contribution in [0.2, 0.25) is 10.0 Å². The van der Waals surface area contributed by atoms with Crippen molar-refractivity contribution in [1.29, 1.82) is 0 Å². The molecule has 0 bridgehead atoms. The van der Waals surface area contributed by atoms with Gasteiger partial charge in [-0.05, 0) is 56.5 Å². The average molecular weight is 302 g/mol. The number of likely N-dealkylation sites (tertiary alicyclic amines) is 1. The van der Waals surface area contributed by atoms with Crippen LogP contribution >= 0.6 is 23.2 Å². The predicted molar refractivity (Wildman–Crippen MR) is 77.0 cm³/mol. The van der Waals surface area contributed by atoms with Gasteiger partial charge in [-0.1, -0.05) is 29.3 Å². The van der Waals surface area contributed by atoms with E-state index in [0.717, 1.165) is 44.3 Å². The summed E-state index contributed by atoms with van der Waals surface area (Å²) in [4.78, 5) is 13.1. The molecule has 0 saturated carbocycles. The van der Waals surface area contributed by atoms with Gasteiger partial charge in [-0.2, -0.15) is 0 Å². The van der Waals surface area contributed by atoms with Crippen molar-refractivity contribution in [3.63, 3.8) is 0 Å². The Kier molecular flexibility index (Phi) is 5.08.